The van der Waals surface area contributed by atoms with Crippen molar-refractivity contribution >= 4 is 6.09 Å². The maximum absolute atomic E-state index is 12.2. The van der Waals surface area contributed by atoms with Crippen LogP contribution in [0.15, 0.2) is 35.4 Å². The predicted molar refractivity (Wildman–Crippen MR) is 94.9 cm³/mol. The molecule has 1 aromatic carbocycles. The van der Waals surface area contributed by atoms with Gasteiger partial charge >= 0.3 is 6.09 Å². The molecule has 0 spiro atoms. The standard InChI is InChI=1S/C18H26N4O3/c1-17(2,3)25-16(23)22-11-9-15(10-12-22)18(24,13-20-21-19)14-7-5-4-6-8-14/h4-8,15,24H,9-13H2,1-3H3/t18-/m1/s1. The number of rotatable bonds is 4. The van der Waals surface area contributed by atoms with Crippen LogP contribution in [0.2, 0.25) is 0 Å². The van der Waals surface area contributed by atoms with Crippen LogP contribution in [0.1, 0.15) is 39.2 Å². The average Bonchev–Trinajstić information content (AvgIpc) is 2.59. The molecule has 2 rings (SSSR count). The first-order valence-electron chi connectivity index (χ1n) is 8.53. The lowest BCUT2D eigenvalue weighted by Crippen LogP contribution is -2.47. The van der Waals surface area contributed by atoms with Crippen molar-refractivity contribution in [2.45, 2.75) is 44.8 Å². The molecular weight excluding hydrogens is 320 g/mol. The van der Waals surface area contributed by atoms with Crippen LogP contribution < -0.4 is 0 Å². The van der Waals surface area contributed by atoms with Crippen LogP contribution in [0.5, 0.6) is 0 Å². The highest BCUT2D eigenvalue weighted by atomic mass is 16.6. The van der Waals surface area contributed by atoms with Gasteiger partial charge in [0.25, 0.3) is 0 Å². The smallest absolute Gasteiger partial charge is 0.410 e. The van der Waals surface area contributed by atoms with Gasteiger partial charge in [-0.15, -0.1) is 0 Å². The van der Waals surface area contributed by atoms with E-state index in [9.17, 15) is 9.90 Å². The second-order valence-corrected chi connectivity index (χ2v) is 7.42. The first-order valence-corrected chi connectivity index (χ1v) is 8.53. The minimum absolute atomic E-state index is 0.0232. The molecule has 1 amide bonds. The van der Waals surface area contributed by atoms with Crippen molar-refractivity contribution < 1.29 is 14.6 Å². The summed E-state index contributed by atoms with van der Waals surface area (Å²) in [5.74, 6) is -0.0981. The van der Waals surface area contributed by atoms with E-state index in [1.54, 1.807) is 4.90 Å². The summed E-state index contributed by atoms with van der Waals surface area (Å²) in [6.45, 7) is 6.50. The highest BCUT2D eigenvalue weighted by molar-refractivity contribution is 5.68. The number of likely N-dealkylation sites (tertiary alicyclic amines) is 1. The third-order valence-corrected chi connectivity index (χ3v) is 4.47. The molecule has 1 aromatic rings. The van der Waals surface area contributed by atoms with Crippen molar-refractivity contribution in [1.82, 2.24) is 4.90 Å². The van der Waals surface area contributed by atoms with E-state index in [2.05, 4.69) is 10.0 Å². The fraction of sp³-hybridized carbons (Fsp3) is 0.611. The van der Waals surface area contributed by atoms with E-state index in [1.807, 2.05) is 51.1 Å². The summed E-state index contributed by atoms with van der Waals surface area (Å²) in [6, 6.07) is 9.27. The number of aliphatic hydroxyl groups is 1. The summed E-state index contributed by atoms with van der Waals surface area (Å²) in [5.41, 5.74) is 7.65. The van der Waals surface area contributed by atoms with E-state index in [0.29, 0.717) is 25.9 Å². The van der Waals surface area contributed by atoms with Crippen LogP contribution in [0, 0.1) is 5.92 Å². The number of hydrogen-bond donors (Lipinski definition) is 1. The van der Waals surface area contributed by atoms with Crippen LogP contribution in [-0.4, -0.2) is 41.3 Å². The van der Waals surface area contributed by atoms with Crippen LogP contribution in [0.25, 0.3) is 10.4 Å². The molecule has 0 bridgehead atoms. The normalized spacial score (nSPS) is 18.2. The van der Waals surface area contributed by atoms with Gasteiger partial charge in [0.2, 0.25) is 0 Å². The summed E-state index contributed by atoms with van der Waals surface area (Å²) in [6.07, 6.45) is 0.904. The summed E-state index contributed by atoms with van der Waals surface area (Å²) in [4.78, 5) is 16.7. The van der Waals surface area contributed by atoms with Crippen LogP contribution in [0.4, 0.5) is 4.79 Å². The highest BCUT2D eigenvalue weighted by Crippen LogP contribution is 2.37. The van der Waals surface area contributed by atoms with Gasteiger partial charge in [-0.2, -0.15) is 0 Å². The summed E-state index contributed by atoms with van der Waals surface area (Å²) >= 11 is 0. The van der Waals surface area contributed by atoms with Crippen LogP contribution in [0.3, 0.4) is 0 Å². The molecule has 1 fully saturated rings. The van der Waals surface area contributed by atoms with Crippen LogP contribution >= 0.6 is 0 Å². The Morgan fingerprint density at radius 3 is 2.44 bits per heavy atom. The zero-order valence-electron chi connectivity index (χ0n) is 15.1. The van der Waals surface area contributed by atoms with Crippen molar-refractivity contribution in [3.8, 4) is 0 Å². The lowest BCUT2D eigenvalue weighted by molar-refractivity contribution is -0.0450. The molecule has 136 valence electrons. The molecule has 0 aromatic heterocycles. The molecule has 7 heteroatoms. The number of benzene rings is 1. The molecule has 7 nitrogen and oxygen atoms in total. The molecule has 0 radical (unpaired) electrons. The van der Waals surface area contributed by atoms with Gasteiger partial charge in [-0.05, 0) is 50.6 Å². The fourth-order valence-electron chi connectivity index (χ4n) is 3.19. The molecule has 1 atom stereocenters. The lowest BCUT2D eigenvalue weighted by atomic mass is 9.76. The quantitative estimate of drug-likeness (QED) is 0.509. The molecule has 25 heavy (non-hydrogen) atoms. The number of amides is 1. The molecule has 0 aliphatic carbocycles. The number of ether oxygens (including phenoxy) is 1. The van der Waals surface area contributed by atoms with Crippen molar-refractivity contribution in [2.75, 3.05) is 19.6 Å². The van der Waals surface area contributed by atoms with E-state index < -0.39 is 11.2 Å². The minimum Gasteiger partial charge on any atom is -0.444 e. The Kier molecular flexibility index (Phi) is 5.93. The Balaban J connectivity index is 2.10. The van der Waals surface area contributed by atoms with E-state index in [0.717, 1.165) is 5.56 Å². The third kappa shape index (κ3) is 4.87. The van der Waals surface area contributed by atoms with Crippen molar-refractivity contribution in [1.29, 1.82) is 0 Å². The maximum atomic E-state index is 12.2. The van der Waals surface area contributed by atoms with Gasteiger partial charge in [-0.1, -0.05) is 35.4 Å². The van der Waals surface area contributed by atoms with E-state index >= 15 is 0 Å². The molecule has 1 aliphatic heterocycles. The van der Waals surface area contributed by atoms with Crippen molar-refractivity contribution in [3.63, 3.8) is 0 Å². The van der Waals surface area contributed by atoms with Gasteiger partial charge in [-0.25, -0.2) is 4.79 Å². The predicted octanol–water partition coefficient (Wildman–Crippen LogP) is 3.83. The Bertz CT molecular complexity index is 629. The van der Waals surface area contributed by atoms with Gasteiger partial charge in [0.1, 0.15) is 5.60 Å². The SMILES string of the molecule is CC(C)(C)OC(=O)N1CCC([C@@](O)(CN=[N+]=[N-])c2ccccc2)CC1. The summed E-state index contributed by atoms with van der Waals surface area (Å²) in [7, 11) is 0. The van der Waals surface area contributed by atoms with Crippen molar-refractivity contribution in [2.24, 2.45) is 11.0 Å². The summed E-state index contributed by atoms with van der Waals surface area (Å²) in [5, 5.41) is 14.9. The Morgan fingerprint density at radius 2 is 1.92 bits per heavy atom. The second kappa shape index (κ2) is 7.76. The van der Waals surface area contributed by atoms with Gasteiger partial charge in [0.05, 0.1) is 12.1 Å². The van der Waals surface area contributed by atoms with Gasteiger partial charge in [-0.3, -0.25) is 0 Å². The van der Waals surface area contributed by atoms with Gasteiger partial charge in [0, 0.05) is 18.0 Å². The number of hydrogen-bond acceptors (Lipinski definition) is 4. The second-order valence-electron chi connectivity index (χ2n) is 7.42. The monoisotopic (exact) mass is 346 g/mol. The van der Waals surface area contributed by atoms with E-state index in [-0.39, 0.29) is 18.6 Å². The largest absolute Gasteiger partial charge is 0.444 e. The molecular formula is C18H26N4O3. The van der Waals surface area contributed by atoms with E-state index in [1.165, 1.54) is 0 Å². The molecule has 0 saturated carbocycles. The van der Waals surface area contributed by atoms with Gasteiger partial charge < -0.3 is 14.7 Å². The highest BCUT2D eigenvalue weighted by Gasteiger charge is 2.40. The zero-order valence-corrected chi connectivity index (χ0v) is 15.1. The number of azide groups is 1. The Hall–Kier alpha value is -2.24. The lowest BCUT2D eigenvalue weighted by Gasteiger charge is -2.41. The number of carbonyl (C=O) groups is 1. The molecule has 1 heterocycles. The molecule has 1 saturated heterocycles. The number of carbonyl (C=O) groups excluding carboxylic acids is 1. The van der Waals surface area contributed by atoms with Crippen molar-refractivity contribution in [3.05, 3.63) is 46.3 Å². The Morgan fingerprint density at radius 1 is 1.32 bits per heavy atom. The van der Waals surface area contributed by atoms with E-state index in [4.69, 9.17) is 10.3 Å². The zero-order chi connectivity index (χ0) is 18.5. The minimum atomic E-state index is -1.23. The molecule has 0 unspecified atom stereocenters. The first-order chi connectivity index (χ1) is 11.8. The summed E-state index contributed by atoms with van der Waals surface area (Å²) < 4.78 is 5.41. The average molecular weight is 346 g/mol. The molecule has 1 aliphatic rings. The third-order valence-electron chi connectivity index (χ3n) is 4.47. The number of piperidine rings is 1. The molecule has 1 N–H and O–H groups in total. The topological polar surface area (TPSA) is 98.5 Å². The van der Waals surface area contributed by atoms with Gasteiger partial charge in [0.15, 0.2) is 0 Å². The number of nitrogens with zero attached hydrogens (tertiary/aromatic N) is 4. The fourth-order valence-corrected chi connectivity index (χ4v) is 3.19. The Labute approximate surface area is 148 Å². The first kappa shape index (κ1) is 19.1. The van der Waals surface area contributed by atoms with Crippen LogP contribution in [-0.2, 0) is 10.3 Å². The maximum Gasteiger partial charge on any atom is 0.410 e.